The molecule has 4 nitrogen and oxygen atoms in total. The molecule has 1 heterocycles. The molecular formula is C21H18N2O2. The lowest BCUT2D eigenvalue weighted by Crippen LogP contribution is -2.07. The molecule has 0 fully saturated rings. The molecule has 0 N–H and O–H groups in total. The number of benzene rings is 2. The van der Waals surface area contributed by atoms with Gasteiger partial charge in [0.05, 0.1) is 12.1 Å². The first kappa shape index (κ1) is 16.6. The fourth-order valence-corrected chi connectivity index (χ4v) is 2.25. The van der Waals surface area contributed by atoms with Gasteiger partial charge in [0.2, 0.25) is 0 Å². The Morgan fingerprint density at radius 3 is 2.36 bits per heavy atom. The van der Waals surface area contributed by atoms with Gasteiger partial charge in [-0.05, 0) is 41.0 Å². The molecule has 0 saturated carbocycles. The SMILES string of the molecule is O=C(Cc1ccc(N=Cc2ccncc2)cc1)OCc1ccccc1. The van der Waals surface area contributed by atoms with E-state index < -0.39 is 0 Å². The van der Waals surface area contributed by atoms with E-state index in [1.54, 1.807) is 18.6 Å². The number of rotatable bonds is 6. The molecule has 0 aliphatic heterocycles. The highest BCUT2D eigenvalue weighted by Crippen LogP contribution is 2.14. The van der Waals surface area contributed by atoms with Crippen molar-refractivity contribution in [3.8, 4) is 0 Å². The smallest absolute Gasteiger partial charge is 0.310 e. The van der Waals surface area contributed by atoms with E-state index in [4.69, 9.17) is 4.74 Å². The van der Waals surface area contributed by atoms with Crippen LogP contribution >= 0.6 is 0 Å². The number of ether oxygens (including phenoxy) is 1. The third kappa shape index (κ3) is 5.39. The van der Waals surface area contributed by atoms with Gasteiger partial charge < -0.3 is 4.74 Å². The van der Waals surface area contributed by atoms with Crippen molar-refractivity contribution in [1.82, 2.24) is 4.98 Å². The number of aliphatic imine (C=N–C) groups is 1. The van der Waals surface area contributed by atoms with Crippen LogP contribution in [0.4, 0.5) is 5.69 Å². The third-order valence-electron chi connectivity index (χ3n) is 3.60. The lowest BCUT2D eigenvalue weighted by Gasteiger charge is -2.05. The third-order valence-corrected chi connectivity index (χ3v) is 3.60. The summed E-state index contributed by atoms with van der Waals surface area (Å²) in [5.41, 5.74) is 3.71. The van der Waals surface area contributed by atoms with E-state index in [1.165, 1.54) is 0 Å². The summed E-state index contributed by atoms with van der Waals surface area (Å²) in [6, 6.07) is 21.0. The lowest BCUT2D eigenvalue weighted by atomic mass is 10.1. The molecule has 0 saturated heterocycles. The number of carbonyl (C=O) groups is 1. The van der Waals surface area contributed by atoms with Crippen LogP contribution in [0.2, 0.25) is 0 Å². The maximum atomic E-state index is 11.9. The average molecular weight is 330 g/mol. The number of hydrogen-bond acceptors (Lipinski definition) is 4. The maximum Gasteiger partial charge on any atom is 0.310 e. The second-order valence-corrected chi connectivity index (χ2v) is 5.53. The van der Waals surface area contributed by atoms with Crippen molar-refractivity contribution in [2.75, 3.05) is 0 Å². The summed E-state index contributed by atoms with van der Waals surface area (Å²) in [4.78, 5) is 20.3. The van der Waals surface area contributed by atoms with Gasteiger partial charge in [0.1, 0.15) is 6.61 Å². The molecule has 0 bridgehead atoms. The molecule has 0 aliphatic carbocycles. The molecule has 2 aromatic carbocycles. The van der Waals surface area contributed by atoms with Crippen molar-refractivity contribution < 1.29 is 9.53 Å². The van der Waals surface area contributed by atoms with Gasteiger partial charge in [-0.25, -0.2) is 0 Å². The standard InChI is InChI=1S/C21H18N2O2/c24-21(25-16-19-4-2-1-3-5-19)14-17-6-8-20(9-7-17)23-15-18-10-12-22-13-11-18/h1-13,15H,14,16H2. The minimum atomic E-state index is -0.239. The predicted molar refractivity (Wildman–Crippen MR) is 97.9 cm³/mol. The molecule has 25 heavy (non-hydrogen) atoms. The van der Waals surface area contributed by atoms with Gasteiger partial charge in [-0.2, -0.15) is 0 Å². The average Bonchev–Trinajstić information content (AvgIpc) is 2.67. The van der Waals surface area contributed by atoms with Crippen LogP contribution in [0.25, 0.3) is 0 Å². The number of carbonyl (C=O) groups excluding carboxylic acids is 1. The van der Waals surface area contributed by atoms with Crippen molar-refractivity contribution in [3.05, 3.63) is 95.8 Å². The zero-order chi connectivity index (χ0) is 17.3. The van der Waals surface area contributed by atoms with Gasteiger partial charge in [-0.1, -0.05) is 42.5 Å². The van der Waals surface area contributed by atoms with Crippen LogP contribution in [0.15, 0.2) is 84.1 Å². The largest absolute Gasteiger partial charge is 0.461 e. The van der Waals surface area contributed by atoms with Crippen LogP contribution in [0.5, 0.6) is 0 Å². The number of aromatic nitrogens is 1. The first-order valence-electron chi connectivity index (χ1n) is 8.02. The topological polar surface area (TPSA) is 51.5 Å². The minimum Gasteiger partial charge on any atom is -0.461 e. The highest BCUT2D eigenvalue weighted by atomic mass is 16.5. The molecule has 4 heteroatoms. The van der Waals surface area contributed by atoms with Crippen LogP contribution in [0, 0.1) is 0 Å². The van der Waals surface area contributed by atoms with E-state index >= 15 is 0 Å². The number of esters is 1. The van der Waals surface area contributed by atoms with E-state index in [2.05, 4.69) is 9.98 Å². The number of nitrogens with zero attached hydrogens (tertiary/aromatic N) is 2. The molecule has 0 unspecified atom stereocenters. The minimum absolute atomic E-state index is 0.239. The summed E-state index contributed by atoms with van der Waals surface area (Å²) in [7, 11) is 0. The van der Waals surface area contributed by atoms with E-state index in [0.29, 0.717) is 6.61 Å². The van der Waals surface area contributed by atoms with E-state index in [0.717, 1.165) is 22.4 Å². The van der Waals surface area contributed by atoms with Gasteiger partial charge >= 0.3 is 5.97 Å². The molecule has 3 rings (SSSR count). The Balaban J connectivity index is 1.52. The molecule has 0 atom stereocenters. The second-order valence-electron chi connectivity index (χ2n) is 5.53. The van der Waals surface area contributed by atoms with Crippen LogP contribution in [0.1, 0.15) is 16.7 Å². The van der Waals surface area contributed by atoms with Crippen molar-refractivity contribution in [2.24, 2.45) is 4.99 Å². The molecular weight excluding hydrogens is 312 g/mol. The quantitative estimate of drug-likeness (QED) is 0.505. The van der Waals surface area contributed by atoms with Crippen molar-refractivity contribution in [2.45, 2.75) is 13.0 Å². The molecule has 3 aromatic rings. The second kappa shape index (κ2) is 8.55. The molecule has 124 valence electrons. The van der Waals surface area contributed by atoms with Gasteiger partial charge in [-0.15, -0.1) is 0 Å². The normalized spacial score (nSPS) is 10.7. The summed E-state index contributed by atoms with van der Waals surface area (Å²) >= 11 is 0. The van der Waals surface area contributed by atoms with Gasteiger partial charge in [0.15, 0.2) is 0 Å². The molecule has 0 amide bonds. The van der Waals surface area contributed by atoms with Gasteiger partial charge in [0, 0.05) is 18.6 Å². The first-order chi connectivity index (χ1) is 12.3. The highest BCUT2D eigenvalue weighted by Gasteiger charge is 2.05. The Kier molecular flexibility index (Phi) is 5.67. The monoisotopic (exact) mass is 330 g/mol. The number of pyridine rings is 1. The highest BCUT2D eigenvalue weighted by molar-refractivity contribution is 5.81. The Labute approximate surface area is 146 Å². The molecule has 0 aliphatic rings. The summed E-state index contributed by atoms with van der Waals surface area (Å²) in [5, 5.41) is 0. The van der Waals surface area contributed by atoms with Crippen LogP contribution < -0.4 is 0 Å². The Morgan fingerprint density at radius 1 is 0.920 bits per heavy atom. The summed E-state index contributed by atoms with van der Waals surface area (Å²) in [5.74, 6) is -0.239. The number of hydrogen-bond donors (Lipinski definition) is 0. The Hall–Kier alpha value is -3.27. The fraction of sp³-hybridized carbons (Fsp3) is 0.0952. The van der Waals surface area contributed by atoms with Gasteiger partial charge in [0.25, 0.3) is 0 Å². The zero-order valence-corrected chi connectivity index (χ0v) is 13.7. The summed E-state index contributed by atoms with van der Waals surface area (Å²) < 4.78 is 5.29. The van der Waals surface area contributed by atoms with Crippen molar-refractivity contribution in [1.29, 1.82) is 0 Å². The van der Waals surface area contributed by atoms with E-state index in [-0.39, 0.29) is 12.4 Å². The summed E-state index contributed by atoms with van der Waals surface area (Å²) in [6.45, 7) is 0.300. The Morgan fingerprint density at radius 2 is 1.64 bits per heavy atom. The summed E-state index contributed by atoms with van der Waals surface area (Å²) in [6.07, 6.45) is 5.49. The molecule has 0 radical (unpaired) electrons. The Bertz CT molecular complexity index is 829. The van der Waals surface area contributed by atoms with Crippen molar-refractivity contribution >= 4 is 17.9 Å². The van der Waals surface area contributed by atoms with E-state index in [9.17, 15) is 4.79 Å². The van der Waals surface area contributed by atoms with Crippen LogP contribution in [-0.4, -0.2) is 17.2 Å². The zero-order valence-electron chi connectivity index (χ0n) is 13.7. The predicted octanol–water partition coefficient (Wildman–Crippen LogP) is 4.12. The van der Waals surface area contributed by atoms with Crippen molar-refractivity contribution in [3.63, 3.8) is 0 Å². The lowest BCUT2D eigenvalue weighted by molar-refractivity contribution is -0.144. The first-order valence-corrected chi connectivity index (χ1v) is 8.02. The van der Waals surface area contributed by atoms with Crippen LogP contribution in [0.3, 0.4) is 0 Å². The maximum absolute atomic E-state index is 11.9. The van der Waals surface area contributed by atoms with Gasteiger partial charge in [-0.3, -0.25) is 14.8 Å². The van der Waals surface area contributed by atoms with E-state index in [1.807, 2.05) is 66.7 Å². The molecule has 1 aromatic heterocycles. The molecule has 0 spiro atoms. The van der Waals surface area contributed by atoms with Crippen LogP contribution in [-0.2, 0) is 22.6 Å². The fourth-order valence-electron chi connectivity index (χ4n) is 2.25.